The Labute approximate surface area is 148 Å². The van der Waals surface area contributed by atoms with Gasteiger partial charge in [0.2, 0.25) is 0 Å². The van der Waals surface area contributed by atoms with Crippen LogP contribution in [0.1, 0.15) is 25.3 Å². The van der Waals surface area contributed by atoms with Crippen LogP contribution in [-0.2, 0) is 9.53 Å². The number of aliphatic hydroxyl groups excluding tert-OH is 1. The lowest BCUT2D eigenvalue weighted by atomic mass is 9.97. The molecule has 1 heterocycles. The first-order valence-corrected chi connectivity index (χ1v) is 8.83. The van der Waals surface area contributed by atoms with Gasteiger partial charge in [-0.05, 0) is 63.5 Å². The monoisotopic (exact) mass is 355 g/mol. The van der Waals surface area contributed by atoms with E-state index < -0.39 is 6.10 Å². The molecular weight excluding hydrogens is 330 g/mol. The minimum Gasteiger partial charge on any atom is -0.491 e. The van der Waals surface area contributed by atoms with Gasteiger partial charge in [0.1, 0.15) is 18.5 Å². The summed E-state index contributed by atoms with van der Waals surface area (Å²) in [6.45, 7) is 6.54. The predicted octanol–water partition coefficient (Wildman–Crippen LogP) is 2.66. The first-order valence-electron chi connectivity index (χ1n) is 8.45. The van der Waals surface area contributed by atoms with Crippen LogP contribution in [0, 0.1) is 12.8 Å². The van der Waals surface area contributed by atoms with Crippen molar-refractivity contribution in [1.29, 1.82) is 0 Å². The summed E-state index contributed by atoms with van der Waals surface area (Å²) in [7, 11) is 0. The molecule has 0 aliphatic carbocycles. The van der Waals surface area contributed by atoms with Crippen molar-refractivity contribution in [1.82, 2.24) is 4.90 Å². The van der Waals surface area contributed by atoms with Crippen LogP contribution in [-0.4, -0.2) is 54.9 Å². The van der Waals surface area contributed by atoms with Gasteiger partial charge in [0.25, 0.3) is 0 Å². The molecule has 0 spiro atoms. The highest BCUT2D eigenvalue weighted by Crippen LogP contribution is 2.22. The number of esters is 1. The van der Waals surface area contributed by atoms with Crippen molar-refractivity contribution in [3.8, 4) is 5.75 Å². The summed E-state index contributed by atoms with van der Waals surface area (Å²) in [5, 5.41) is 10.9. The molecule has 134 valence electrons. The standard InChI is InChI=1S/C18H26ClNO4/c1-3-23-18(22)14-6-8-20(9-7-14)11-16(21)12-24-17-5-4-15(19)10-13(17)2/h4-5,10,14,16,21H,3,6-9,11-12H2,1-2H3/t16-/m1/s1. The molecule has 1 saturated heterocycles. The molecule has 1 atom stereocenters. The summed E-state index contributed by atoms with van der Waals surface area (Å²) < 4.78 is 10.7. The topological polar surface area (TPSA) is 59.0 Å². The molecule has 24 heavy (non-hydrogen) atoms. The number of nitrogens with zero attached hydrogens (tertiary/aromatic N) is 1. The van der Waals surface area contributed by atoms with E-state index in [2.05, 4.69) is 4.90 Å². The van der Waals surface area contributed by atoms with Gasteiger partial charge in [0.15, 0.2) is 0 Å². The SMILES string of the molecule is CCOC(=O)C1CCN(C[C@@H](O)COc2ccc(Cl)cc2C)CC1. The Morgan fingerprint density at radius 2 is 2.12 bits per heavy atom. The molecule has 6 heteroatoms. The van der Waals surface area contributed by atoms with E-state index in [1.807, 2.05) is 26.0 Å². The number of carbonyl (C=O) groups is 1. The van der Waals surface area contributed by atoms with Crippen molar-refractivity contribution >= 4 is 17.6 Å². The molecule has 2 rings (SSSR count). The average Bonchev–Trinajstić information content (AvgIpc) is 2.55. The van der Waals surface area contributed by atoms with Gasteiger partial charge in [-0.15, -0.1) is 0 Å². The third-order valence-corrected chi connectivity index (χ3v) is 4.48. The normalized spacial score (nSPS) is 17.5. The first kappa shape index (κ1) is 19.0. The van der Waals surface area contributed by atoms with E-state index in [0.29, 0.717) is 18.2 Å². The highest BCUT2D eigenvalue weighted by molar-refractivity contribution is 6.30. The zero-order valence-electron chi connectivity index (χ0n) is 14.3. The predicted molar refractivity (Wildman–Crippen MR) is 93.5 cm³/mol. The molecule has 0 radical (unpaired) electrons. The lowest BCUT2D eigenvalue weighted by molar-refractivity contribution is -0.149. The van der Waals surface area contributed by atoms with Crippen LogP contribution in [0.3, 0.4) is 0 Å². The molecule has 1 aromatic rings. The van der Waals surface area contributed by atoms with E-state index in [4.69, 9.17) is 21.1 Å². The summed E-state index contributed by atoms with van der Waals surface area (Å²) in [5.41, 5.74) is 0.949. The number of aryl methyl sites for hydroxylation is 1. The molecule has 1 aliphatic rings. The van der Waals surface area contributed by atoms with Crippen LogP contribution in [0.25, 0.3) is 0 Å². The lowest BCUT2D eigenvalue weighted by Gasteiger charge is -2.32. The summed E-state index contributed by atoms with van der Waals surface area (Å²) in [6.07, 6.45) is 0.991. The number of benzene rings is 1. The van der Waals surface area contributed by atoms with Gasteiger partial charge in [-0.25, -0.2) is 0 Å². The smallest absolute Gasteiger partial charge is 0.309 e. The molecule has 1 N–H and O–H groups in total. The Balaban J connectivity index is 1.71. The fourth-order valence-electron chi connectivity index (χ4n) is 2.92. The molecule has 0 amide bonds. The molecule has 5 nitrogen and oxygen atoms in total. The number of ether oxygens (including phenoxy) is 2. The maximum absolute atomic E-state index is 11.7. The Morgan fingerprint density at radius 3 is 2.75 bits per heavy atom. The summed E-state index contributed by atoms with van der Waals surface area (Å²) in [5.74, 6) is 0.630. The van der Waals surface area contributed by atoms with E-state index in [0.717, 1.165) is 37.2 Å². The number of hydrogen-bond donors (Lipinski definition) is 1. The molecule has 0 unspecified atom stereocenters. The average molecular weight is 356 g/mol. The Kier molecular flexibility index (Phi) is 7.34. The van der Waals surface area contributed by atoms with Gasteiger partial charge >= 0.3 is 5.97 Å². The van der Waals surface area contributed by atoms with Gasteiger partial charge in [0.05, 0.1) is 12.5 Å². The van der Waals surface area contributed by atoms with Crippen molar-refractivity contribution in [2.45, 2.75) is 32.8 Å². The van der Waals surface area contributed by atoms with Gasteiger partial charge in [0, 0.05) is 11.6 Å². The van der Waals surface area contributed by atoms with Crippen LogP contribution in [0.4, 0.5) is 0 Å². The lowest BCUT2D eigenvalue weighted by Crippen LogP contribution is -2.42. The number of hydrogen-bond acceptors (Lipinski definition) is 5. The van der Waals surface area contributed by atoms with Gasteiger partial charge in [-0.1, -0.05) is 11.6 Å². The zero-order chi connectivity index (χ0) is 17.5. The Bertz CT molecular complexity index is 544. The number of rotatable bonds is 7. The molecule has 1 fully saturated rings. The van der Waals surface area contributed by atoms with E-state index in [-0.39, 0.29) is 18.5 Å². The van der Waals surface area contributed by atoms with Crippen molar-refractivity contribution in [3.05, 3.63) is 28.8 Å². The minimum atomic E-state index is -0.570. The number of aliphatic hydroxyl groups is 1. The second kappa shape index (κ2) is 9.25. The van der Waals surface area contributed by atoms with Crippen LogP contribution in [0.15, 0.2) is 18.2 Å². The van der Waals surface area contributed by atoms with Crippen molar-refractivity contribution in [2.24, 2.45) is 5.92 Å². The highest BCUT2D eigenvalue weighted by Gasteiger charge is 2.26. The molecular formula is C18H26ClNO4. The largest absolute Gasteiger partial charge is 0.491 e. The van der Waals surface area contributed by atoms with E-state index in [1.54, 1.807) is 6.07 Å². The third-order valence-electron chi connectivity index (χ3n) is 4.24. The van der Waals surface area contributed by atoms with Crippen molar-refractivity contribution < 1.29 is 19.4 Å². The Hall–Kier alpha value is -1.30. The second-order valence-corrected chi connectivity index (χ2v) is 6.64. The van der Waals surface area contributed by atoms with Gasteiger partial charge < -0.3 is 19.5 Å². The summed E-state index contributed by atoms with van der Waals surface area (Å²) >= 11 is 5.92. The van der Waals surface area contributed by atoms with Crippen LogP contribution < -0.4 is 4.74 Å². The second-order valence-electron chi connectivity index (χ2n) is 6.20. The first-order chi connectivity index (χ1) is 11.5. The molecule has 1 aliphatic heterocycles. The van der Waals surface area contributed by atoms with E-state index in [1.165, 1.54) is 0 Å². The van der Waals surface area contributed by atoms with Crippen LogP contribution in [0.5, 0.6) is 5.75 Å². The molecule has 0 aromatic heterocycles. The molecule has 1 aromatic carbocycles. The maximum atomic E-state index is 11.7. The van der Waals surface area contributed by atoms with Crippen LogP contribution >= 0.6 is 11.6 Å². The summed E-state index contributed by atoms with van der Waals surface area (Å²) in [6, 6.07) is 5.43. The third kappa shape index (κ3) is 5.65. The minimum absolute atomic E-state index is 0.00805. The van der Waals surface area contributed by atoms with Crippen LogP contribution in [0.2, 0.25) is 5.02 Å². The molecule has 0 saturated carbocycles. The fraction of sp³-hybridized carbons (Fsp3) is 0.611. The number of likely N-dealkylation sites (tertiary alicyclic amines) is 1. The van der Waals surface area contributed by atoms with Gasteiger partial charge in [-0.2, -0.15) is 0 Å². The number of piperidine rings is 1. The van der Waals surface area contributed by atoms with Crippen molar-refractivity contribution in [2.75, 3.05) is 32.8 Å². The number of halogens is 1. The maximum Gasteiger partial charge on any atom is 0.309 e. The summed E-state index contributed by atoms with van der Waals surface area (Å²) in [4.78, 5) is 13.9. The number of β-amino-alcohol motifs (C(OH)–C–C–N with tert-alkyl or cyclic N) is 1. The fourth-order valence-corrected chi connectivity index (χ4v) is 3.15. The number of carbonyl (C=O) groups excluding carboxylic acids is 1. The van der Waals surface area contributed by atoms with E-state index in [9.17, 15) is 9.90 Å². The van der Waals surface area contributed by atoms with Crippen molar-refractivity contribution in [3.63, 3.8) is 0 Å². The Morgan fingerprint density at radius 1 is 1.42 bits per heavy atom. The van der Waals surface area contributed by atoms with E-state index >= 15 is 0 Å². The highest BCUT2D eigenvalue weighted by atomic mass is 35.5. The van der Waals surface area contributed by atoms with Gasteiger partial charge in [-0.3, -0.25) is 4.79 Å². The molecule has 0 bridgehead atoms. The zero-order valence-corrected chi connectivity index (χ0v) is 15.1. The quantitative estimate of drug-likeness (QED) is 0.762.